The summed E-state index contributed by atoms with van der Waals surface area (Å²) in [6.45, 7) is 0.654. The summed E-state index contributed by atoms with van der Waals surface area (Å²) in [5.41, 5.74) is 1.96. The second-order valence-corrected chi connectivity index (χ2v) is 11.2. The van der Waals surface area contributed by atoms with E-state index in [1.54, 1.807) is 37.4 Å². The molecule has 10 nitrogen and oxygen atoms in total. The number of ether oxygens (including phenoxy) is 1. The third kappa shape index (κ3) is 5.95. The topological polar surface area (TPSA) is 103 Å². The highest BCUT2D eigenvalue weighted by molar-refractivity contribution is 5.97. The van der Waals surface area contributed by atoms with Crippen LogP contribution in [0.2, 0.25) is 0 Å². The van der Waals surface area contributed by atoms with Gasteiger partial charge in [0.05, 0.1) is 19.0 Å². The van der Waals surface area contributed by atoms with E-state index in [4.69, 9.17) is 9.72 Å². The van der Waals surface area contributed by atoms with Crippen molar-refractivity contribution in [3.8, 4) is 5.75 Å². The standard InChI is InChI=1S/C29H41N7O3/c1-34(2)21-12-10-20(11-13-21)31-28(38)19-9-14-23(25(17-19)39-4)32-29-30-18-24-27(33-29)36(22-7-5-6-8-22)16-15-26(37)35(24)3/h9,14,17-18,20-22H,5-8,10-13,15-16H2,1-4H3,(H,31,38)(H,30,32,33). The van der Waals surface area contributed by atoms with Crippen LogP contribution in [0.5, 0.6) is 5.75 Å². The first kappa shape index (κ1) is 27.2. The fourth-order valence-corrected chi connectivity index (χ4v) is 6.13. The molecule has 2 fully saturated rings. The summed E-state index contributed by atoms with van der Waals surface area (Å²) < 4.78 is 5.64. The summed E-state index contributed by atoms with van der Waals surface area (Å²) in [4.78, 5) is 41.3. The van der Waals surface area contributed by atoms with Gasteiger partial charge in [0.15, 0.2) is 5.82 Å². The van der Waals surface area contributed by atoms with Crippen LogP contribution in [0.1, 0.15) is 68.1 Å². The Morgan fingerprint density at radius 1 is 1.10 bits per heavy atom. The Kier molecular flexibility index (Phi) is 8.20. The van der Waals surface area contributed by atoms with E-state index in [9.17, 15) is 9.59 Å². The first-order chi connectivity index (χ1) is 18.8. The SMILES string of the molecule is COc1cc(C(=O)NC2CCC(N(C)C)CC2)ccc1Nc1ncc2c(n1)N(C1CCCC1)CCC(=O)N2C. The van der Waals surface area contributed by atoms with Crippen molar-refractivity contribution in [2.75, 3.05) is 49.9 Å². The monoisotopic (exact) mass is 535 g/mol. The van der Waals surface area contributed by atoms with Crippen molar-refractivity contribution < 1.29 is 14.3 Å². The maximum absolute atomic E-state index is 13.0. The number of aromatic nitrogens is 2. The van der Waals surface area contributed by atoms with Crippen molar-refractivity contribution in [2.45, 2.75) is 75.9 Å². The Labute approximate surface area is 231 Å². The van der Waals surface area contributed by atoms with Crippen LogP contribution in [0.3, 0.4) is 0 Å². The molecule has 1 aliphatic heterocycles. The predicted octanol–water partition coefficient (Wildman–Crippen LogP) is 3.95. The van der Waals surface area contributed by atoms with Gasteiger partial charge >= 0.3 is 0 Å². The zero-order chi connectivity index (χ0) is 27.5. The normalized spacial score (nSPS) is 22.0. The molecule has 3 aliphatic rings. The number of nitrogens with zero attached hydrogens (tertiary/aromatic N) is 5. The van der Waals surface area contributed by atoms with Crippen molar-refractivity contribution in [3.05, 3.63) is 30.0 Å². The highest BCUT2D eigenvalue weighted by Crippen LogP contribution is 2.37. The number of hydrogen-bond donors (Lipinski definition) is 2. The number of carbonyl (C=O) groups excluding carboxylic acids is 2. The molecule has 5 rings (SSSR count). The van der Waals surface area contributed by atoms with Gasteiger partial charge in [-0.2, -0.15) is 4.98 Å². The summed E-state index contributed by atoms with van der Waals surface area (Å²) in [6.07, 6.45) is 10.9. The van der Waals surface area contributed by atoms with Gasteiger partial charge in [-0.15, -0.1) is 0 Å². The lowest BCUT2D eigenvalue weighted by Crippen LogP contribution is -2.41. The molecule has 0 saturated heterocycles. The molecule has 1 aromatic heterocycles. The zero-order valence-corrected chi connectivity index (χ0v) is 23.6. The van der Waals surface area contributed by atoms with Gasteiger partial charge in [-0.25, -0.2) is 4.98 Å². The molecule has 0 spiro atoms. The number of rotatable bonds is 7. The van der Waals surface area contributed by atoms with E-state index >= 15 is 0 Å². The molecular formula is C29H41N7O3. The molecule has 2 saturated carbocycles. The lowest BCUT2D eigenvalue weighted by atomic mass is 9.90. The number of nitrogens with one attached hydrogen (secondary N) is 2. The third-order valence-electron chi connectivity index (χ3n) is 8.56. The van der Waals surface area contributed by atoms with Gasteiger partial charge in [0.25, 0.3) is 5.91 Å². The molecule has 0 bridgehead atoms. The van der Waals surface area contributed by atoms with Gasteiger partial charge in [0.2, 0.25) is 11.9 Å². The Morgan fingerprint density at radius 2 is 1.85 bits per heavy atom. The van der Waals surface area contributed by atoms with Crippen LogP contribution in [0.25, 0.3) is 0 Å². The highest BCUT2D eigenvalue weighted by atomic mass is 16.5. The van der Waals surface area contributed by atoms with Crippen molar-refractivity contribution in [1.82, 2.24) is 20.2 Å². The summed E-state index contributed by atoms with van der Waals surface area (Å²) in [6, 6.07) is 6.55. The lowest BCUT2D eigenvalue weighted by molar-refractivity contribution is -0.118. The predicted molar refractivity (Wildman–Crippen MR) is 153 cm³/mol. The quantitative estimate of drug-likeness (QED) is 0.550. The Bertz CT molecular complexity index is 1190. The van der Waals surface area contributed by atoms with Crippen LogP contribution in [-0.4, -0.2) is 79.6 Å². The average molecular weight is 536 g/mol. The molecule has 10 heteroatoms. The summed E-state index contributed by atoms with van der Waals surface area (Å²) in [5.74, 6) is 1.73. The number of hydrogen-bond acceptors (Lipinski definition) is 8. The zero-order valence-electron chi connectivity index (χ0n) is 23.6. The Balaban J connectivity index is 1.32. The van der Waals surface area contributed by atoms with Crippen LogP contribution >= 0.6 is 0 Å². The van der Waals surface area contributed by atoms with Crippen molar-refractivity contribution in [3.63, 3.8) is 0 Å². The number of benzene rings is 1. The summed E-state index contributed by atoms with van der Waals surface area (Å²) >= 11 is 0. The first-order valence-corrected chi connectivity index (χ1v) is 14.2. The minimum absolute atomic E-state index is 0.0716. The maximum Gasteiger partial charge on any atom is 0.251 e. The molecule has 1 aromatic carbocycles. The number of anilines is 4. The van der Waals surface area contributed by atoms with Crippen LogP contribution < -0.4 is 25.2 Å². The summed E-state index contributed by atoms with van der Waals surface area (Å²) in [7, 11) is 7.61. The molecule has 210 valence electrons. The Morgan fingerprint density at radius 3 is 2.54 bits per heavy atom. The second kappa shape index (κ2) is 11.8. The molecule has 0 atom stereocenters. The van der Waals surface area contributed by atoms with Crippen molar-refractivity contribution >= 4 is 35.0 Å². The van der Waals surface area contributed by atoms with Gasteiger partial charge in [0, 0.05) is 43.7 Å². The Hall–Kier alpha value is -3.40. The van der Waals surface area contributed by atoms with Crippen LogP contribution in [-0.2, 0) is 4.79 Å². The average Bonchev–Trinajstić information content (AvgIpc) is 3.44. The number of fused-ring (bicyclic) bond motifs is 1. The van der Waals surface area contributed by atoms with E-state index in [1.165, 1.54) is 12.8 Å². The van der Waals surface area contributed by atoms with Crippen LogP contribution in [0.15, 0.2) is 24.4 Å². The van der Waals surface area contributed by atoms with Gasteiger partial charge in [-0.05, 0) is 70.8 Å². The fourth-order valence-electron chi connectivity index (χ4n) is 6.13. The van der Waals surface area contributed by atoms with Crippen molar-refractivity contribution in [2.24, 2.45) is 0 Å². The van der Waals surface area contributed by atoms with E-state index in [0.29, 0.717) is 48.0 Å². The van der Waals surface area contributed by atoms with Gasteiger partial charge < -0.3 is 30.1 Å². The maximum atomic E-state index is 13.0. The van der Waals surface area contributed by atoms with Crippen LogP contribution in [0, 0.1) is 0 Å². The van der Waals surface area contributed by atoms with E-state index in [0.717, 1.165) is 50.0 Å². The number of methoxy groups -OCH3 is 1. The lowest BCUT2D eigenvalue weighted by Gasteiger charge is -2.33. The fraction of sp³-hybridized carbons (Fsp3) is 0.586. The molecule has 2 N–H and O–H groups in total. The van der Waals surface area contributed by atoms with Gasteiger partial charge in [-0.1, -0.05) is 12.8 Å². The minimum atomic E-state index is -0.0886. The molecule has 2 aromatic rings. The van der Waals surface area contributed by atoms with Crippen LogP contribution in [0.4, 0.5) is 23.1 Å². The molecule has 2 amide bonds. The van der Waals surface area contributed by atoms with Gasteiger partial charge in [0.1, 0.15) is 11.4 Å². The summed E-state index contributed by atoms with van der Waals surface area (Å²) in [5, 5.41) is 6.48. The minimum Gasteiger partial charge on any atom is -0.495 e. The number of amides is 2. The molecule has 2 aliphatic carbocycles. The first-order valence-electron chi connectivity index (χ1n) is 14.2. The van der Waals surface area contributed by atoms with E-state index < -0.39 is 0 Å². The molecular weight excluding hydrogens is 494 g/mol. The smallest absolute Gasteiger partial charge is 0.251 e. The van der Waals surface area contributed by atoms with E-state index in [2.05, 4.69) is 39.5 Å². The van der Waals surface area contributed by atoms with E-state index in [-0.39, 0.29) is 17.9 Å². The number of carbonyl (C=O) groups is 2. The third-order valence-corrected chi connectivity index (χ3v) is 8.56. The molecule has 39 heavy (non-hydrogen) atoms. The second-order valence-electron chi connectivity index (χ2n) is 11.2. The largest absolute Gasteiger partial charge is 0.495 e. The molecule has 2 heterocycles. The van der Waals surface area contributed by atoms with Gasteiger partial charge in [-0.3, -0.25) is 9.59 Å². The molecule has 0 unspecified atom stereocenters. The molecule has 0 radical (unpaired) electrons. The van der Waals surface area contributed by atoms with Crippen molar-refractivity contribution in [1.29, 1.82) is 0 Å². The highest BCUT2D eigenvalue weighted by Gasteiger charge is 2.32. The van der Waals surface area contributed by atoms with E-state index in [1.807, 2.05) is 6.07 Å².